The third kappa shape index (κ3) is 51.5. The largest absolute Gasteiger partial charge is 0.481 e. The quantitative estimate of drug-likeness (QED) is 0.0279. The topological polar surface area (TPSA) is 521 Å². The molecule has 0 unspecified atom stereocenters. The summed E-state index contributed by atoms with van der Waals surface area (Å²) in [7, 11) is 0. The van der Waals surface area contributed by atoms with Crippen LogP contribution in [0.15, 0.2) is 0 Å². The fourth-order valence-electron chi connectivity index (χ4n) is 2.53. The molecule has 0 aliphatic carbocycles. The van der Waals surface area contributed by atoms with Crippen molar-refractivity contribution in [2.75, 3.05) is 25.1 Å². The minimum absolute atomic E-state index is 0.0213. The fourth-order valence-corrected chi connectivity index (χ4v) is 3.02. The number of thioether (sulfide) groups is 1. The number of primary amides is 1. The molecule has 53 heavy (non-hydrogen) atoms. The number of amides is 1. The third-order valence-corrected chi connectivity index (χ3v) is 6.25. The van der Waals surface area contributed by atoms with Crippen LogP contribution in [-0.4, -0.2) is 140 Å². The van der Waals surface area contributed by atoms with Crippen LogP contribution in [0, 0.1) is 10.8 Å². The minimum Gasteiger partial charge on any atom is -0.481 e. The van der Waals surface area contributed by atoms with Crippen LogP contribution in [0.25, 0.3) is 0 Å². The van der Waals surface area contributed by atoms with Crippen molar-refractivity contribution in [1.82, 2.24) is 10.6 Å². The minimum atomic E-state index is -1.17. The molecule has 0 rings (SSSR count). The first-order valence-corrected chi connectivity index (χ1v) is 16.8. The van der Waals surface area contributed by atoms with Gasteiger partial charge in [-0.2, -0.15) is 11.8 Å². The van der Waals surface area contributed by atoms with Gasteiger partial charge in [-0.1, -0.05) is 0 Å². The number of carboxylic acids is 6. The number of rotatable bonds is 22. The van der Waals surface area contributed by atoms with Gasteiger partial charge in [-0.05, 0) is 57.0 Å². The van der Waals surface area contributed by atoms with Crippen molar-refractivity contribution in [2.24, 2.45) is 45.9 Å². The average Bonchev–Trinajstić information content (AvgIpc) is 3.05. The normalized spacial score (nSPS) is 12.4. The lowest BCUT2D eigenvalue weighted by Crippen LogP contribution is -2.34. The maximum Gasteiger partial charge on any atom is 0.320 e. The summed E-state index contributed by atoms with van der Waals surface area (Å²) in [6, 6.07) is -4.36. The first-order chi connectivity index (χ1) is 24.3. The van der Waals surface area contributed by atoms with E-state index in [1.165, 1.54) is 0 Å². The van der Waals surface area contributed by atoms with Crippen LogP contribution >= 0.6 is 11.8 Å². The maximum absolute atomic E-state index is 10.2. The molecule has 0 radical (unpaired) electrons. The fraction of sp³-hybridized carbons (Fsp3) is 0.667. The molecule has 0 saturated heterocycles. The van der Waals surface area contributed by atoms with Gasteiger partial charge >= 0.3 is 35.8 Å². The summed E-state index contributed by atoms with van der Waals surface area (Å²) in [5.74, 6) is -6.17. The Hall–Kier alpha value is -5.02. The third-order valence-electron chi connectivity index (χ3n) is 5.60. The van der Waals surface area contributed by atoms with Gasteiger partial charge in [-0.15, -0.1) is 0 Å². The van der Waals surface area contributed by atoms with Gasteiger partial charge in [0.05, 0.1) is 0 Å². The van der Waals surface area contributed by atoms with Crippen LogP contribution < -0.4 is 56.5 Å². The number of nitrogens with one attached hydrogen (secondary N) is 4. The van der Waals surface area contributed by atoms with E-state index in [-0.39, 0.29) is 37.6 Å². The molecule has 0 aromatic heterocycles. The molecule has 0 fully saturated rings. The summed E-state index contributed by atoms with van der Waals surface area (Å²) in [5.41, 5.74) is 40.4. The number of hydrogen-bond donors (Lipinski definition) is 18. The first kappa shape index (κ1) is 57.3. The van der Waals surface area contributed by atoms with Crippen molar-refractivity contribution in [1.29, 1.82) is 10.8 Å². The van der Waals surface area contributed by atoms with E-state index >= 15 is 0 Å². The molecular formula is C27H58N12O13S. The number of aliphatic carboxylic acids is 6. The number of carbonyl (C=O) groups excluding carboxylic acids is 1. The van der Waals surface area contributed by atoms with Gasteiger partial charge in [-0.3, -0.25) is 44.4 Å². The molecule has 5 atom stereocenters. The number of carbonyl (C=O) groups is 7. The van der Waals surface area contributed by atoms with Crippen LogP contribution in [0.4, 0.5) is 0 Å². The van der Waals surface area contributed by atoms with Gasteiger partial charge in [0.2, 0.25) is 5.91 Å². The Morgan fingerprint density at radius 3 is 1.06 bits per heavy atom. The second kappa shape index (κ2) is 36.8. The van der Waals surface area contributed by atoms with Crippen LogP contribution in [0.3, 0.4) is 0 Å². The lowest BCUT2D eigenvalue weighted by Gasteiger charge is -2.06. The molecule has 310 valence electrons. The van der Waals surface area contributed by atoms with Crippen molar-refractivity contribution < 1.29 is 64.2 Å². The van der Waals surface area contributed by atoms with E-state index in [1.807, 2.05) is 6.26 Å². The number of carboxylic acid groups (broad SMARTS) is 6. The van der Waals surface area contributed by atoms with E-state index in [4.69, 9.17) is 87.3 Å². The Morgan fingerprint density at radius 2 is 0.811 bits per heavy atom. The zero-order chi connectivity index (χ0) is 42.7. The van der Waals surface area contributed by atoms with Crippen molar-refractivity contribution >= 4 is 65.4 Å². The zero-order valence-electron chi connectivity index (χ0n) is 29.4. The van der Waals surface area contributed by atoms with E-state index in [2.05, 4.69) is 10.6 Å². The zero-order valence-corrected chi connectivity index (χ0v) is 30.3. The van der Waals surface area contributed by atoms with Crippen molar-refractivity contribution in [3.05, 3.63) is 0 Å². The first-order valence-electron chi connectivity index (χ1n) is 15.4. The van der Waals surface area contributed by atoms with Gasteiger partial charge in [0.1, 0.15) is 30.2 Å². The number of hydrogen-bond acceptors (Lipinski definition) is 15. The Morgan fingerprint density at radius 1 is 0.528 bits per heavy atom. The Bertz CT molecular complexity index is 1050. The summed E-state index contributed by atoms with van der Waals surface area (Å²) >= 11 is 1.60. The monoisotopic (exact) mass is 790 g/mol. The molecule has 0 bridgehead atoms. The molecule has 1 amide bonds. The number of guanidine groups is 2. The SMILES string of the molecule is CSCC[C@H](N)C(=O)O.N=C(N)NCCC[C@H](N)C(=O)O.N=C(N)NCCC[C@H](N)C(=O)O.NC(=O)CC[C@H](N)C(=O)O.N[C@@H](CCC(=O)O)C(=O)O. The molecule has 0 spiro atoms. The summed E-state index contributed by atoms with van der Waals surface area (Å²) in [6.45, 7) is 0.965. The summed E-state index contributed by atoms with van der Waals surface area (Å²) < 4.78 is 0. The summed E-state index contributed by atoms with van der Waals surface area (Å²) in [4.78, 5) is 70.5. The highest BCUT2D eigenvalue weighted by Gasteiger charge is 2.13. The molecule has 0 saturated carbocycles. The average molecular weight is 791 g/mol. The van der Waals surface area contributed by atoms with E-state index in [0.717, 1.165) is 5.75 Å². The van der Waals surface area contributed by atoms with Gasteiger partial charge in [0, 0.05) is 25.9 Å². The van der Waals surface area contributed by atoms with E-state index in [1.54, 1.807) is 11.8 Å². The van der Waals surface area contributed by atoms with Gasteiger partial charge < -0.3 is 87.1 Å². The molecule has 0 aliphatic heterocycles. The Kier molecular flexibility index (Phi) is 39.8. The van der Waals surface area contributed by atoms with Crippen molar-refractivity contribution in [2.45, 2.75) is 88.0 Å². The predicted octanol–water partition coefficient (Wildman–Crippen LogP) is -4.60. The second-order valence-electron chi connectivity index (χ2n) is 10.4. The smallest absolute Gasteiger partial charge is 0.320 e. The maximum atomic E-state index is 10.2. The standard InChI is InChI=1S/2C6H14N4O2.C5H10N2O3.C5H9NO4.C5H11NO2S/c2*7-4(5(11)12)2-1-3-10-6(8)9;2*6-3(5(9)10)1-2-4(7)8;1-9-3-2-4(6)5(7)8/h2*4H,1-3,7H2,(H,11,12)(H4,8,9,10);3H,1-2,6H2,(H2,7,8)(H,9,10);3H,1-2,6H2,(H,7,8)(H,9,10);4H,2-3,6H2,1H3,(H,7,8)/t2*4-;2*3-;4-/m00000/s1. The number of nitrogens with two attached hydrogens (primary N) is 8. The summed E-state index contributed by atoms with van der Waals surface area (Å²) in [6.07, 6.45) is 4.33. The Balaban J connectivity index is -0.000000182. The van der Waals surface area contributed by atoms with Gasteiger partial charge in [0.25, 0.3) is 0 Å². The van der Waals surface area contributed by atoms with E-state index < -0.39 is 71.9 Å². The van der Waals surface area contributed by atoms with Crippen molar-refractivity contribution in [3.8, 4) is 0 Å². The van der Waals surface area contributed by atoms with Crippen LogP contribution in [0.5, 0.6) is 0 Å². The molecular weight excluding hydrogens is 732 g/mol. The molecule has 0 aromatic carbocycles. The molecule has 0 aliphatic rings. The van der Waals surface area contributed by atoms with Crippen LogP contribution in [-0.2, 0) is 33.6 Å². The lowest BCUT2D eigenvalue weighted by molar-refractivity contribution is -0.141. The lowest BCUT2D eigenvalue weighted by atomic mass is 10.2. The molecule has 26 heteroatoms. The highest BCUT2D eigenvalue weighted by molar-refractivity contribution is 7.98. The van der Waals surface area contributed by atoms with Crippen molar-refractivity contribution in [3.63, 3.8) is 0 Å². The highest BCUT2D eigenvalue weighted by atomic mass is 32.2. The van der Waals surface area contributed by atoms with Crippen LogP contribution in [0.2, 0.25) is 0 Å². The van der Waals surface area contributed by atoms with E-state index in [9.17, 15) is 33.6 Å². The van der Waals surface area contributed by atoms with E-state index in [0.29, 0.717) is 45.2 Å². The Labute approximate surface area is 309 Å². The van der Waals surface area contributed by atoms with Gasteiger partial charge in [0.15, 0.2) is 11.9 Å². The van der Waals surface area contributed by atoms with Gasteiger partial charge in [-0.25, -0.2) is 0 Å². The summed E-state index contributed by atoms with van der Waals surface area (Å²) in [5, 5.41) is 68.2. The van der Waals surface area contributed by atoms with Crippen LogP contribution in [0.1, 0.15) is 57.8 Å². The molecule has 26 N–H and O–H groups in total. The molecule has 25 nitrogen and oxygen atoms in total. The molecule has 0 heterocycles. The predicted molar refractivity (Wildman–Crippen MR) is 195 cm³/mol. The highest BCUT2D eigenvalue weighted by Crippen LogP contribution is 1.98. The molecule has 0 aromatic rings. The second-order valence-corrected chi connectivity index (χ2v) is 11.4.